The number of carbonyl (C=O) groups is 3. The number of hydrogen-bond acceptors (Lipinski definition) is 8. The number of thiol groups is 1. The molecule has 2 amide bonds. The average molecular weight is 315 g/mol. The van der Waals surface area contributed by atoms with Gasteiger partial charge in [-0.25, -0.2) is 4.79 Å². The zero-order valence-corrected chi connectivity index (χ0v) is 11.5. The van der Waals surface area contributed by atoms with Crippen molar-refractivity contribution < 1.29 is 32.2 Å². The molecule has 18 heavy (non-hydrogen) atoms. The van der Waals surface area contributed by atoms with Gasteiger partial charge in [0, 0.05) is 6.42 Å². The van der Waals surface area contributed by atoms with Crippen molar-refractivity contribution in [3.8, 4) is 0 Å². The molecule has 8 nitrogen and oxygen atoms in total. The van der Waals surface area contributed by atoms with Crippen LogP contribution in [0.4, 0.5) is 0 Å². The molecule has 1 aliphatic heterocycles. The van der Waals surface area contributed by atoms with Gasteiger partial charge in [0.05, 0.1) is 6.42 Å². The van der Waals surface area contributed by atoms with Gasteiger partial charge in [-0.05, 0) is 0 Å². The van der Waals surface area contributed by atoms with E-state index in [9.17, 15) is 22.8 Å². The minimum Gasteiger partial charge on any atom is -0.330 e. The third kappa shape index (κ3) is 2.35. The van der Waals surface area contributed by atoms with Crippen LogP contribution in [0.1, 0.15) is 19.8 Å². The Morgan fingerprint density at radius 3 is 2.50 bits per heavy atom. The molecular weight excluding hydrogens is 306 g/mol. The molecule has 1 rings (SSSR count). The maximum absolute atomic E-state index is 11.8. The quantitative estimate of drug-likeness (QED) is 0.316. The van der Waals surface area contributed by atoms with Gasteiger partial charge in [-0.1, -0.05) is 22.8 Å². The lowest BCUT2D eigenvalue weighted by atomic mass is 10.3. The summed E-state index contributed by atoms with van der Waals surface area (Å²) in [6, 6.07) is 0. The highest BCUT2D eigenvalue weighted by molar-refractivity contribution is 8.71. The lowest BCUT2D eigenvalue weighted by Gasteiger charge is -2.19. The van der Waals surface area contributed by atoms with Crippen molar-refractivity contribution >= 4 is 50.4 Å². The first-order valence-corrected chi connectivity index (χ1v) is 7.88. The largest absolute Gasteiger partial charge is 0.332 e. The molecule has 0 aromatic heterocycles. The number of rotatable bonds is 4. The summed E-state index contributed by atoms with van der Waals surface area (Å²) < 4.78 is 28.9. The second kappa shape index (κ2) is 5.07. The highest BCUT2D eigenvalue weighted by atomic mass is 33.1. The monoisotopic (exact) mass is 315 g/mol. The minimum atomic E-state index is -4.89. The molecule has 1 atom stereocenters. The van der Waals surface area contributed by atoms with Crippen molar-refractivity contribution in [1.82, 2.24) is 5.06 Å². The van der Waals surface area contributed by atoms with Crippen LogP contribution in [0, 0.1) is 0 Å². The highest BCUT2D eigenvalue weighted by Gasteiger charge is 2.62. The lowest BCUT2D eigenvalue weighted by Crippen LogP contribution is -2.43. The van der Waals surface area contributed by atoms with Crippen molar-refractivity contribution in [2.24, 2.45) is 0 Å². The van der Waals surface area contributed by atoms with Crippen LogP contribution in [0.25, 0.3) is 0 Å². The zero-order chi connectivity index (χ0) is 14.1. The van der Waals surface area contributed by atoms with Crippen LogP contribution in [0.15, 0.2) is 0 Å². The Labute approximate surface area is 112 Å². The molecule has 0 spiro atoms. The van der Waals surface area contributed by atoms with E-state index >= 15 is 0 Å². The lowest BCUT2D eigenvalue weighted by molar-refractivity contribution is -0.197. The van der Waals surface area contributed by atoms with Gasteiger partial charge in [-0.3, -0.25) is 14.1 Å². The van der Waals surface area contributed by atoms with Gasteiger partial charge < -0.3 is 4.84 Å². The summed E-state index contributed by atoms with van der Waals surface area (Å²) >= 11 is 3.59. The van der Waals surface area contributed by atoms with Gasteiger partial charge in [0.25, 0.3) is 21.9 Å². The highest BCUT2D eigenvalue weighted by Crippen LogP contribution is 2.43. The number of nitrogens with zero attached hydrogens (tertiary/aromatic N) is 1. The number of amides is 2. The van der Waals surface area contributed by atoms with E-state index in [-0.39, 0.29) is 22.3 Å². The van der Waals surface area contributed by atoms with Crippen LogP contribution in [0.3, 0.4) is 0 Å². The van der Waals surface area contributed by atoms with Crippen molar-refractivity contribution in [3.63, 3.8) is 0 Å². The van der Waals surface area contributed by atoms with Gasteiger partial charge in [-0.15, -0.1) is 11.7 Å². The predicted molar refractivity (Wildman–Crippen MR) is 63.7 cm³/mol. The third-order valence-corrected chi connectivity index (χ3v) is 6.12. The molecule has 0 radical (unpaired) electrons. The summed E-state index contributed by atoms with van der Waals surface area (Å²) in [7, 11) is -4.70. The smallest absolute Gasteiger partial charge is 0.330 e. The molecular formula is C7H9NO7S3. The molecule has 1 saturated heterocycles. The summed E-state index contributed by atoms with van der Waals surface area (Å²) in [5, 5.41) is 0.0445. The van der Waals surface area contributed by atoms with E-state index in [1.54, 1.807) is 0 Å². The Balaban J connectivity index is 3.14. The SMILES string of the molecule is CCC(=O)ON1C(=O)CC(SS)(S(=O)(=O)O)C1=O. The Morgan fingerprint density at radius 2 is 2.17 bits per heavy atom. The maximum atomic E-state index is 11.8. The van der Waals surface area contributed by atoms with Crippen molar-refractivity contribution in [3.05, 3.63) is 0 Å². The zero-order valence-electron chi connectivity index (χ0n) is 9.02. The molecule has 0 aliphatic carbocycles. The van der Waals surface area contributed by atoms with Crippen LogP contribution in [0.5, 0.6) is 0 Å². The average Bonchev–Trinajstić information content (AvgIpc) is 2.53. The summed E-state index contributed by atoms with van der Waals surface area (Å²) in [6.45, 7) is 1.43. The normalized spacial score (nSPS) is 24.5. The van der Waals surface area contributed by atoms with E-state index < -0.39 is 38.4 Å². The predicted octanol–water partition coefficient (Wildman–Crippen LogP) is -0.224. The molecule has 11 heteroatoms. The molecule has 1 N–H and O–H groups in total. The van der Waals surface area contributed by atoms with E-state index in [1.165, 1.54) is 6.92 Å². The van der Waals surface area contributed by atoms with Crippen LogP contribution >= 0.6 is 22.5 Å². The number of imide groups is 1. The van der Waals surface area contributed by atoms with Crippen molar-refractivity contribution in [2.75, 3.05) is 0 Å². The van der Waals surface area contributed by atoms with Crippen LogP contribution in [-0.4, -0.2) is 39.9 Å². The molecule has 102 valence electrons. The van der Waals surface area contributed by atoms with E-state index in [4.69, 9.17) is 4.55 Å². The molecule has 0 aromatic carbocycles. The number of hydrogen-bond donors (Lipinski definition) is 2. The van der Waals surface area contributed by atoms with Gasteiger partial charge in [0.15, 0.2) is 0 Å². The summed E-state index contributed by atoms with van der Waals surface area (Å²) in [4.78, 5) is 38.7. The Morgan fingerprint density at radius 1 is 1.61 bits per heavy atom. The van der Waals surface area contributed by atoms with Gasteiger partial charge >= 0.3 is 5.97 Å². The standard InChI is InChI=1S/C7H9NO7S3/c1-2-5(10)15-8-4(9)3-7(17-16,6(8)11)18(12,13)14/h16H,2-3H2,1H3,(H,12,13,14). The molecule has 0 bridgehead atoms. The second-order valence-electron chi connectivity index (χ2n) is 3.31. The van der Waals surface area contributed by atoms with E-state index in [0.29, 0.717) is 0 Å². The van der Waals surface area contributed by atoms with Gasteiger partial charge in [-0.2, -0.15) is 8.42 Å². The minimum absolute atomic E-state index is 0.0445. The summed E-state index contributed by atoms with van der Waals surface area (Å²) in [5.74, 6) is -3.27. The Kier molecular flexibility index (Phi) is 4.30. The Bertz CT molecular complexity index is 501. The number of hydroxylamine groups is 2. The van der Waals surface area contributed by atoms with Crippen LogP contribution in [-0.2, 0) is 29.3 Å². The molecule has 1 unspecified atom stereocenters. The van der Waals surface area contributed by atoms with Crippen molar-refractivity contribution in [1.29, 1.82) is 0 Å². The summed E-state index contributed by atoms with van der Waals surface area (Å²) in [6.07, 6.45) is -0.959. The first-order chi connectivity index (χ1) is 8.19. The molecule has 1 heterocycles. The number of carbonyl (C=O) groups excluding carboxylic acids is 3. The topological polar surface area (TPSA) is 118 Å². The van der Waals surface area contributed by atoms with Crippen LogP contribution in [0.2, 0.25) is 0 Å². The van der Waals surface area contributed by atoms with E-state index in [2.05, 4.69) is 16.5 Å². The van der Waals surface area contributed by atoms with Gasteiger partial charge in [0.1, 0.15) is 0 Å². The molecule has 0 aromatic rings. The first kappa shape index (κ1) is 15.3. The summed E-state index contributed by atoms with van der Waals surface area (Å²) in [5.41, 5.74) is 0. The fourth-order valence-electron chi connectivity index (χ4n) is 1.19. The fourth-order valence-corrected chi connectivity index (χ4v) is 3.80. The van der Waals surface area contributed by atoms with E-state index in [1.807, 2.05) is 0 Å². The molecule has 0 saturated carbocycles. The second-order valence-corrected chi connectivity index (χ2v) is 6.64. The van der Waals surface area contributed by atoms with Crippen LogP contribution < -0.4 is 0 Å². The molecule has 1 aliphatic rings. The first-order valence-electron chi connectivity index (χ1n) is 4.57. The third-order valence-electron chi connectivity index (χ3n) is 2.17. The Hall–Kier alpha value is -0.780. The van der Waals surface area contributed by atoms with Crippen molar-refractivity contribution in [2.45, 2.75) is 23.8 Å². The van der Waals surface area contributed by atoms with Gasteiger partial charge in [0.2, 0.25) is 4.08 Å². The molecule has 1 fully saturated rings. The maximum Gasteiger partial charge on any atom is 0.332 e. The van der Waals surface area contributed by atoms with E-state index in [0.717, 1.165) is 0 Å². The fraction of sp³-hybridized carbons (Fsp3) is 0.571.